The number of nitrogens with one attached hydrogen (secondary N) is 2. The Morgan fingerprint density at radius 1 is 1.56 bits per heavy atom. The molecule has 1 atom stereocenters. The average molecular weight is 325 g/mol. The predicted molar refractivity (Wildman–Crippen MR) is 68.2 cm³/mol. The molecule has 0 radical (unpaired) electrons. The maximum atomic E-state index is 11.9. The van der Waals surface area contributed by atoms with E-state index in [-0.39, 0.29) is 6.04 Å². The summed E-state index contributed by atoms with van der Waals surface area (Å²) in [5, 5.41) is 3.25. The topological polar surface area (TPSA) is 58.2 Å². The van der Waals surface area contributed by atoms with Gasteiger partial charge in [-0.3, -0.25) is 0 Å². The highest BCUT2D eigenvalue weighted by Gasteiger charge is 2.20. The van der Waals surface area contributed by atoms with Gasteiger partial charge >= 0.3 is 0 Å². The number of thiophene rings is 1. The van der Waals surface area contributed by atoms with Crippen molar-refractivity contribution in [2.45, 2.75) is 23.1 Å². The van der Waals surface area contributed by atoms with Crippen LogP contribution in [-0.2, 0) is 10.0 Å². The van der Waals surface area contributed by atoms with Gasteiger partial charge < -0.3 is 5.32 Å². The SMILES string of the molecule is O=S(=O)(NCC1CCCN1)c1ccc(Br)s1. The smallest absolute Gasteiger partial charge is 0.250 e. The van der Waals surface area contributed by atoms with Crippen molar-refractivity contribution in [3.63, 3.8) is 0 Å². The van der Waals surface area contributed by atoms with E-state index in [0.717, 1.165) is 23.2 Å². The van der Waals surface area contributed by atoms with Crippen LogP contribution in [-0.4, -0.2) is 27.5 Å². The van der Waals surface area contributed by atoms with Crippen molar-refractivity contribution in [2.24, 2.45) is 0 Å². The van der Waals surface area contributed by atoms with Crippen LogP contribution >= 0.6 is 27.3 Å². The zero-order valence-electron chi connectivity index (χ0n) is 8.57. The molecular formula is C9H13BrN2O2S2. The molecule has 2 rings (SSSR count). The molecule has 0 spiro atoms. The molecule has 0 bridgehead atoms. The first-order chi connectivity index (χ1) is 7.58. The lowest BCUT2D eigenvalue weighted by atomic mass is 10.2. The van der Waals surface area contributed by atoms with Crippen molar-refractivity contribution in [3.8, 4) is 0 Å². The van der Waals surface area contributed by atoms with Crippen molar-refractivity contribution < 1.29 is 8.42 Å². The van der Waals surface area contributed by atoms with Crippen LogP contribution < -0.4 is 10.0 Å². The molecule has 7 heteroatoms. The number of hydrogen-bond acceptors (Lipinski definition) is 4. The van der Waals surface area contributed by atoms with Gasteiger partial charge in [-0.25, -0.2) is 13.1 Å². The van der Waals surface area contributed by atoms with E-state index >= 15 is 0 Å². The van der Waals surface area contributed by atoms with Gasteiger partial charge in [0.1, 0.15) is 4.21 Å². The molecular weight excluding hydrogens is 312 g/mol. The normalized spacial score (nSPS) is 21.4. The molecule has 1 fully saturated rings. The highest BCUT2D eigenvalue weighted by atomic mass is 79.9. The Morgan fingerprint density at radius 2 is 2.38 bits per heavy atom. The monoisotopic (exact) mass is 324 g/mol. The second-order valence-electron chi connectivity index (χ2n) is 3.70. The third kappa shape index (κ3) is 3.04. The fraction of sp³-hybridized carbons (Fsp3) is 0.556. The lowest BCUT2D eigenvalue weighted by Gasteiger charge is -2.10. The summed E-state index contributed by atoms with van der Waals surface area (Å²) in [6.45, 7) is 1.45. The minimum atomic E-state index is -3.33. The lowest BCUT2D eigenvalue weighted by Crippen LogP contribution is -2.36. The summed E-state index contributed by atoms with van der Waals surface area (Å²) in [7, 11) is -3.33. The Kier molecular flexibility index (Phi) is 4.01. The first-order valence-corrected chi connectivity index (χ1v) is 8.15. The Morgan fingerprint density at radius 3 is 2.94 bits per heavy atom. The number of hydrogen-bond donors (Lipinski definition) is 2. The first-order valence-electron chi connectivity index (χ1n) is 5.06. The summed E-state index contributed by atoms with van der Waals surface area (Å²) in [6, 6.07) is 3.63. The minimum absolute atomic E-state index is 0.276. The quantitative estimate of drug-likeness (QED) is 0.883. The minimum Gasteiger partial charge on any atom is -0.313 e. The predicted octanol–water partition coefficient (Wildman–Crippen LogP) is 1.54. The van der Waals surface area contributed by atoms with Gasteiger partial charge in [0.25, 0.3) is 0 Å². The molecule has 1 unspecified atom stereocenters. The molecule has 0 amide bonds. The molecule has 2 N–H and O–H groups in total. The fourth-order valence-electron chi connectivity index (χ4n) is 1.65. The van der Waals surface area contributed by atoms with Gasteiger partial charge in [-0.15, -0.1) is 11.3 Å². The molecule has 16 heavy (non-hydrogen) atoms. The lowest BCUT2D eigenvalue weighted by molar-refractivity contribution is 0.553. The summed E-state index contributed by atoms with van der Waals surface area (Å²) in [6.07, 6.45) is 2.16. The molecule has 1 saturated heterocycles. The Labute approximate surface area is 108 Å². The van der Waals surface area contributed by atoms with Gasteiger partial charge in [-0.2, -0.15) is 0 Å². The Hall–Kier alpha value is 0.0500. The maximum absolute atomic E-state index is 11.9. The van der Waals surface area contributed by atoms with E-state index < -0.39 is 10.0 Å². The molecule has 1 aliphatic rings. The molecule has 4 nitrogen and oxygen atoms in total. The summed E-state index contributed by atoms with van der Waals surface area (Å²) in [5.41, 5.74) is 0. The van der Waals surface area contributed by atoms with E-state index in [0.29, 0.717) is 10.8 Å². The van der Waals surface area contributed by atoms with Crippen LogP contribution in [0.1, 0.15) is 12.8 Å². The second-order valence-corrected chi connectivity index (χ2v) is 8.16. The van der Waals surface area contributed by atoms with Crippen LogP contribution in [0.4, 0.5) is 0 Å². The van der Waals surface area contributed by atoms with Crippen molar-refractivity contribution >= 4 is 37.3 Å². The standard InChI is InChI=1S/C9H13BrN2O2S2/c10-8-3-4-9(15-8)16(13,14)12-6-7-2-1-5-11-7/h3-4,7,11-12H,1-2,5-6H2. The highest BCUT2D eigenvalue weighted by molar-refractivity contribution is 9.11. The first kappa shape index (κ1) is 12.5. The Balaban J connectivity index is 1.97. The second kappa shape index (κ2) is 5.14. The van der Waals surface area contributed by atoms with Crippen molar-refractivity contribution in [1.29, 1.82) is 0 Å². The van der Waals surface area contributed by atoms with E-state index in [9.17, 15) is 8.42 Å². The van der Waals surface area contributed by atoms with Crippen LogP contribution in [0, 0.1) is 0 Å². The molecule has 2 heterocycles. The largest absolute Gasteiger partial charge is 0.313 e. The van der Waals surface area contributed by atoms with E-state index in [4.69, 9.17) is 0 Å². The molecule has 1 aromatic rings. The molecule has 1 aliphatic heterocycles. The van der Waals surface area contributed by atoms with Gasteiger partial charge in [0, 0.05) is 12.6 Å². The van der Waals surface area contributed by atoms with Crippen LogP contribution in [0.2, 0.25) is 0 Å². The number of rotatable bonds is 4. The highest BCUT2D eigenvalue weighted by Crippen LogP contribution is 2.25. The van der Waals surface area contributed by atoms with Gasteiger partial charge in [0.05, 0.1) is 3.79 Å². The molecule has 0 aromatic carbocycles. The third-order valence-electron chi connectivity index (χ3n) is 2.50. The number of halogens is 1. The van der Waals surface area contributed by atoms with E-state index in [1.165, 1.54) is 11.3 Å². The summed E-state index contributed by atoms with van der Waals surface area (Å²) < 4.78 is 27.5. The summed E-state index contributed by atoms with van der Waals surface area (Å²) in [4.78, 5) is 0. The number of sulfonamides is 1. The summed E-state index contributed by atoms with van der Waals surface area (Å²) in [5.74, 6) is 0. The fourth-order valence-corrected chi connectivity index (χ4v) is 4.79. The van der Waals surface area contributed by atoms with Crippen LogP contribution in [0.25, 0.3) is 0 Å². The van der Waals surface area contributed by atoms with Gasteiger partial charge in [-0.05, 0) is 47.4 Å². The zero-order chi connectivity index (χ0) is 11.6. The van der Waals surface area contributed by atoms with Crippen molar-refractivity contribution in [3.05, 3.63) is 15.9 Å². The molecule has 0 saturated carbocycles. The van der Waals surface area contributed by atoms with E-state index in [1.54, 1.807) is 12.1 Å². The zero-order valence-corrected chi connectivity index (χ0v) is 11.8. The van der Waals surface area contributed by atoms with E-state index in [2.05, 4.69) is 26.0 Å². The summed E-state index contributed by atoms with van der Waals surface area (Å²) >= 11 is 4.48. The van der Waals surface area contributed by atoms with Crippen molar-refractivity contribution in [1.82, 2.24) is 10.0 Å². The average Bonchev–Trinajstić information content (AvgIpc) is 2.85. The van der Waals surface area contributed by atoms with Gasteiger partial charge in [-0.1, -0.05) is 0 Å². The Bertz CT molecular complexity index is 452. The molecule has 0 aliphatic carbocycles. The van der Waals surface area contributed by atoms with Gasteiger partial charge in [0.2, 0.25) is 10.0 Å². The van der Waals surface area contributed by atoms with E-state index in [1.807, 2.05) is 0 Å². The van der Waals surface area contributed by atoms with Crippen LogP contribution in [0.3, 0.4) is 0 Å². The third-order valence-corrected chi connectivity index (χ3v) is 6.03. The van der Waals surface area contributed by atoms with Crippen LogP contribution in [0.5, 0.6) is 0 Å². The van der Waals surface area contributed by atoms with Gasteiger partial charge in [0.15, 0.2) is 0 Å². The molecule has 90 valence electrons. The van der Waals surface area contributed by atoms with Crippen LogP contribution in [0.15, 0.2) is 20.1 Å². The molecule has 1 aromatic heterocycles. The van der Waals surface area contributed by atoms with Crippen molar-refractivity contribution in [2.75, 3.05) is 13.1 Å². The maximum Gasteiger partial charge on any atom is 0.250 e.